The number of ether oxygens (including phenoxy) is 1. The van der Waals surface area contributed by atoms with Gasteiger partial charge in [0.2, 0.25) is 11.8 Å². The van der Waals surface area contributed by atoms with Crippen LogP contribution in [0.1, 0.15) is 11.1 Å². The Bertz CT molecular complexity index is 802. The van der Waals surface area contributed by atoms with E-state index in [9.17, 15) is 23.1 Å². The fourth-order valence-electron chi connectivity index (χ4n) is 1.99. The van der Waals surface area contributed by atoms with Gasteiger partial charge in [0.15, 0.2) is 6.61 Å². The number of nitrogens with zero attached hydrogens (tertiary/aromatic N) is 2. The van der Waals surface area contributed by atoms with E-state index in [0.29, 0.717) is 5.03 Å². The minimum absolute atomic E-state index is 0.0252. The summed E-state index contributed by atoms with van der Waals surface area (Å²) in [6.07, 6.45) is -2.80. The summed E-state index contributed by atoms with van der Waals surface area (Å²) >= 11 is 1.21. The fraction of sp³-hybridized carbons (Fsp3) is 0.267. The molecule has 11 heteroatoms. The molecular formula is C15H15F3N4O3S. The summed E-state index contributed by atoms with van der Waals surface area (Å²) in [5, 5.41) is 12.1. The van der Waals surface area contributed by atoms with Crippen LogP contribution in [0.2, 0.25) is 0 Å². The third-order valence-corrected chi connectivity index (χ3v) is 3.84. The summed E-state index contributed by atoms with van der Waals surface area (Å²) in [5.74, 6) is -0.862. The maximum absolute atomic E-state index is 12.7. The molecule has 0 fully saturated rings. The number of alkyl halides is 3. The number of amides is 1. The van der Waals surface area contributed by atoms with Crippen molar-refractivity contribution in [1.82, 2.24) is 9.97 Å². The van der Waals surface area contributed by atoms with Gasteiger partial charge in [-0.05, 0) is 24.5 Å². The zero-order chi connectivity index (χ0) is 19.3. The average Bonchev–Trinajstić information content (AvgIpc) is 2.58. The number of hydrogen-bond acceptors (Lipinski definition) is 7. The van der Waals surface area contributed by atoms with E-state index in [4.69, 9.17) is 10.5 Å². The number of carbonyl (C=O) groups is 1. The molecule has 0 aliphatic heterocycles. The summed E-state index contributed by atoms with van der Waals surface area (Å²) < 4.78 is 43.3. The second-order valence-corrected chi connectivity index (χ2v) is 5.74. The van der Waals surface area contributed by atoms with Gasteiger partial charge in [0.1, 0.15) is 5.03 Å². The van der Waals surface area contributed by atoms with E-state index in [1.54, 1.807) is 6.26 Å². The summed E-state index contributed by atoms with van der Waals surface area (Å²) in [5.41, 5.74) is 4.90. The lowest BCUT2D eigenvalue weighted by Crippen LogP contribution is -2.21. The van der Waals surface area contributed by atoms with Gasteiger partial charge >= 0.3 is 6.18 Å². The van der Waals surface area contributed by atoms with E-state index in [0.717, 1.165) is 12.1 Å². The first-order chi connectivity index (χ1) is 12.2. The van der Waals surface area contributed by atoms with Crippen LogP contribution in [0.25, 0.3) is 0 Å². The van der Waals surface area contributed by atoms with Crippen LogP contribution in [0, 0.1) is 0 Å². The molecule has 1 heterocycles. The molecular weight excluding hydrogens is 373 g/mol. The third kappa shape index (κ3) is 4.99. The van der Waals surface area contributed by atoms with Crippen molar-refractivity contribution in [3.63, 3.8) is 0 Å². The Balaban J connectivity index is 2.07. The van der Waals surface area contributed by atoms with Crippen molar-refractivity contribution >= 4 is 29.3 Å². The average molecular weight is 388 g/mol. The first kappa shape index (κ1) is 19.8. The highest BCUT2D eigenvalue weighted by atomic mass is 32.2. The van der Waals surface area contributed by atoms with Gasteiger partial charge in [-0.3, -0.25) is 4.79 Å². The van der Waals surface area contributed by atoms with Gasteiger partial charge in [0.25, 0.3) is 5.91 Å². The predicted molar refractivity (Wildman–Crippen MR) is 89.7 cm³/mol. The Labute approximate surface area is 150 Å². The van der Waals surface area contributed by atoms with E-state index in [-0.39, 0.29) is 23.1 Å². The lowest BCUT2D eigenvalue weighted by atomic mass is 10.2. The molecule has 0 saturated heterocycles. The number of nitrogen functional groups attached to an aromatic ring is 1. The molecule has 4 N–H and O–H groups in total. The highest BCUT2D eigenvalue weighted by molar-refractivity contribution is 7.98. The number of rotatable bonds is 6. The van der Waals surface area contributed by atoms with Gasteiger partial charge in [0.05, 0.1) is 17.7 Å². The van der Waals surface area contributed by atoms with Gasteiger partial charge in [-0.25, -0.2) is 4.98 Å². The molecule has 2 aromatic rings. The predicted octanol–water partition coefficient (Wildman–Crippen LogP) is 2.31. The van der Waals surface area contributed by atoms with Crippen molar-refractivity contribution in [1.29, 1.82) is 0 Å². The van der Waals surface area contributed by atoms with Gasteiger partial charge in [-0.15, -0.1) is 11.8 Å². The van der Waals surface area contributed by atoms with E-state index in [1.807, 2.05) is 0 Å². The molecule has 0 radical (unpaired) electrons. The van der Waals surface area contributed by atoms with Crippen molar-refractivity contribution in [2.75, 3.05) is 23.9 Å². The summed E-state index contributed by atoms with van der Waals surface area (Å²) in [7, 11) is 0. The quantitative estimate of drug-likeness (QED) is 0.514. The van der Waals surface area contributed by atoms with E-state index >= 15 is 0 Å². The molecule has 140 valence electrons. The molecule has 2 rings (SSSR count). The number of aliphatic hydroxyl groups is 1. The van der Waals surface area contributed by atoms with Gasteiger partial charge in [-0.2, -0.15) is 18.2 Å². The molecule has 0 aliphatic rings. The molecule has 1 aromatic carbocycles. The monoisotopic (exact) mass is 388 g/mol. The molecule has 1 amide bonds. The zero-order valence-corrected chi connectivity index (χ0v) is 14.3. The highest BCUT2D eigenvalue weighted by Crippen LogP contribution is 2.30. The normalized spacial score (nSPS) is 11.3. The van der Waals surface area contributed by atoms with Gasteiger partial charge in [0, 0.05) is 5.69 Å². The molecule has 0 atom stereocenters. The summed E-state index contributed by atoms with van der Waals surface area (Å²) in [6.45, 7) is -0.964. The third-order valence-electron chi connectivity index (χ3n) is 3.11. The van der Waals surface area contributed by atoms with E-state index in [1.165, 1.54) is 23.9 Å². The molecule has 7 nitrogen and oxygen atoms in total. The molecule has 26 heavy (non-hydrogen) atoms. The number of aromatic nitrogens is 2. The fourth-order valence-corrected chi connectivity index (χ4v) is 2.57. The van der Waals surface area contributed by atoms with Gasteiger partial charge in [-0.1, -0.05) is 6.07 Å². The largest absolute Gasteiger partial charge is 0.467 e. The minimum Gasteiger partial charge on any atom is -0.467 e. The Morgan fingerprint density at radius 2 is 2.12 bits per heavy atom. The minimum atomic E-state index is -4.51. The van der Waals surface area contributed by atoms with Crippen molar-refractivity contribution in [2.24, 2.45) is 0 Å². The molecule has 0 unspecified atom stereocenters. The van der Waals surface area contributed by atoms with Crippen LogP contribution in [0.3, 0.4) is 0 Å². The van der Waals surface area contributed by atoms with Crippen LogP contribution < -0.4 is 15.8 Å². The summed E-state index contributed by atoms with van der Waals surface area (Å²) in [4.78, 5) is 19.7. The van der Waals surface area contributed by atoms with Crippen LogP contribution in [-0.4, -0.2) is 33.8 Å². The highest BCUT2D eigenvalue weighted by Gasteiger charge is 2.30. The standard InChI is InChI=1S/C15H15F3N4O3S/c1-26-13-10(6-23)12(21-14(19)22-13)25-7-11(24)20-9-4-2-3-8(5-9)15(16,17)18/h2-5,23H,6-7H2,1H3,(H,20,24)(H2,19,21,22). The van der Waals surface area contributed by atoms with Crippen LogP contribution in [-0.2, 0) is 17.6 Å². The number of hydrogen-bond donors (Lipinski definition) is 3. The Hall–Kier alpha value is -2.53. The van der Waals surface area contributed by atoms with E-state index < -0.39 is 30.9 Å². The van der Waals surface area contributed by atoms with Crippen molar-refractivity contribution < 1.29 is 27.8 Å². The molecule has 0 aliphatic carbocycles. The number of halogens is 3. The van der Waals surface area contributed by atoms with Crippen molar-refractivity contribution in [3.05, 3.63) is 35.4 Å². The number of carbonyl (C=O) groups excluding carboxylic acids is 1. The number of thioether (sulfide) groups is 1. The molecule has 0 saturated carbocycles. The smallest absolute Gasteiger partial charge is 0.416 e. The molecule has 0 spiro atoms. The number of aliphatic hydroxyl groups excluding tert-OH is 1. The lowest BCUT2D eigenvalue weighted by Gasteiger charge is -2.13. The maximum atomic E-state index is 12.7. The van der Waals surface area contributed by atoms with Crippen molar-refractivity contribution in [2.45, 2.75) is 17.8 Å². The number of anilines is 2. The zero-order valence-electron chi connectivity index (χ0n) is 13.5. The number of nitrogens with two attached hydrogens (primary N) is 1. The molecule has 0 bridgehead atoms. The van der Waals surface area contributed by atoms with E-state index in [2.05, 4.69) is 15.3 Å². The van der Waals surface area contributed by atoms with Crippen molar-refractivity contribution in [3.8, 4) is 5.88 Å². The molecule has 1 aromatic heterocycles. The Morgan fingerprint density at radius 3 is 2.73 bits per heavy atom. The maximum Gasteiger partial charge on any atom is 0.416 e. The Kier molecular flexibility index (Phi) is 6.27. The van der Waals surface area contributed by atoms with Crippen LogP contribution in [0.15, 0.2) is 29.3 Å². The van der Waals surface area contributed by atoms with Crippen LogP contribution in [0.5, 0.6) is 5.88 Å². The second kappa shape index (κ2) is 8.23. The van der Waals surface area contributed by atoms with Crippen LogP contribution >= 0.6 is 11.8 Å². The second-order valence-electron chi connectivity index (χ2n) is 4.95. The first-order valence-corrected chi connectivity index (χ1v) is 8.38. The van der Waals surface area contributed by atoms with Crippen LogP contribution in [0.4, 0.5) is 24.8 Å². The lowest BCUT2D eigenvalue weighted by molar-refractivity contribution is -0.137. The SMILES string of the molecule is CSc1nc(N)nc(OCC(=O)Nc2cccc(C(F)(F)F)c2)c1CO. The first-order valence-electron chi connectivity index (χ1n) is 7.15. The summed E-state index contributed by atoms with van der Waals surface area (Å²) in [6, 6.07) is 4.21. The van der Waals surface area contributed by atoms with Gasteiger partial charge < -0.3 is 20.9 Å². The number of benzene rings is 1. The Morgan fingerprint density at radius 1 is 1.38 bits per heavy atom. The number of nitrogens with one attached hydrogen (secondary N) is 1. The topological polar surface area (TPSA) is 110 Å².